The molecule has 3 aromatic rings. The quantitative estimate of drug-likeness (QED) is 0.329. The third kappa shape index (κ3) is 5.10. The normalized spacial score (nSPS) is 17.9. The van der Waals surface area contributed by atoms with Gasteiger partial charge >= 0.3 is 5.97 Å². The number of rotatable bonds is 6. The van der Waals surface area contributed by atoms with Gasteiger partial charge in [0, 0.05) is 30.5 Å². The van der Waals surface area contributed by atoms with E-state index in [0.29, 0.717) is 11.4 Å². The van der Waals surface area contributed by atoms with Gasteiger partial charge in [0.2, 0.25) is 6.17 Å². The second-order valence-electron chi connectivity index (χ2n) is 7.25. The number of hydrogen-bond donors (Lipinski definition) is 1. The van der Waals surface area contributed by atoms with E-state index in [1.807, 2.05) is 60.7 Å². The number of esters is 1. The van der Waals surface area contributed by atoms with Gasteiger partial charge in [-0.25, -0.2) is 4.79 Å². The Bertz CT molecular complexity index is 1140. The molecule has 1 aliphatic rings. The Kier molecular flexibility index (Phi) is 7.41. The van der Waals surface area contributed by atoms with Crippen molar-refractivity contribution in [2.24, 2.45) is 0 Å². The van der Waals surface area contributed by atoms with Crippen LogP contribution in [0.5, 0.6) is 0 Å². The van der Waals surface area contributed by atoms with E-state index >= 15 is 0 Å². The molecule has 2 unspecified atom stereocenters. The molecule has 0 bridgehead atoms. The largest absolute Gasteiger partial charge is 0.463 e. The molecule has 1 N–H and O–H groups in total. The first-order chi connectivity index (χ1) is 15.9. The number of nitrogens with one attached hydrogen (secondary N) is 1. The lowest BCUT2D eigenvalue weighted by Crippen LogP contribution is -2.49. The minimum absolute atomic E-state index is 0.205. The number of ether oxygens (including phenoxy) is 1. The predicted octanol–water partition coefficient (Wildman–Crippen LogP) is 6.15. The fourth-order valence-electron chi connectivity index (χ4n) is 3.68. The SMILES string of the molecule is CCOC(=O)C1N(c2ccc(Br)cc2)C(=O)C(Nc2ccc(Br)cc2)N1c1ccc(Br)cc1. The highest BCUT2D eigenvalue weighted by molar-refractivity contribution is 9.11. The summed E-state index contributed by atoms with van der Waals surface area (Å²) in [6.45, 7) is 1.96. The number of carbonyl (C=O) groups excluding carboxylic acids is 2. The molecule has 0 spiro atoms. The number of benzene rings is 3. The summed E-state index contributed by atoms with van der Waals surface area (Å²) in [5, 5.41) is 3.30. The molecule has 4 rings (SSSR count). The van der Waals surface area contributed by atoms with Crippen LogP contribution in [0, 0.1) is 0 Å². The number of halogens is 3. The molecular formula is C24H20Br3N3O3. The van der Waals surface area contributed by atoms with Crippen LogP contribution in [0.25, 0.3) is 0 Å². The molecule has 1 amide bonds. The maximum absolute atomic E-state index is 13.8. The Balaban J connectivity index is 1.83. The Morgan fingerprint density at radius 2 is 1.33 bits per heavy atom. The minimum Gasteiger partial charge on any atom is -0.463 e. The number of hydrogen-bond acceptors (Lipinski definition) is 5. The zero-order valence-electron chi connectivity index (χ0n) is 17.5. The van der Waals surface area contributed by atoms with Gasteiger partial charge in [-0.15, -0.1) is 0 Å². The van der Waals surface area contributed by atoms with Crippen LogP contribution in [0.15, 0.2) is 86.2 Å². The number of nitrogens with zero attached hydrogens (tertiary/aromatic N) is 2. The third-order valence-electron chi connectivity index (χ3n) is 5.13. The topological polar surface area (TPSA) is 61.9 Å². The summed E-state index contributed by atoms with van der Waals surface area (Å²) >= 11 is 10.3. The first kappa shape index (κ1) is 23.8. The van der Waals surface area contributed by atoms with Crippen LogP contribution in [0.2, 0.25) is 0 Å². The van der Waals surface area contributed by atoms with Crippen LogP contribution in [0.1, 0.15) is 6.92 Å². The lowest BCUT2D eigenvalue weighted by molar-refractivity contribution is -0.144. The van der Waals surface area contributed by atoms with Gasteiger partial charge in [-0.05, 0) is 79.7 Å². The van der Waals surface area contributed by atoms with Crippen molar-refractivity contribution in [3.05, 3.63) is 86.2 Å². The molecular weight excluding hydrogens is 618 g/mol. The lowest BCUT2D eigenvalue weighted by atomic mass is 10.2. The van der Waals surface area contributed by atoms with E-state index in [2.05, 4.69) is 53.1 Å². The summed E-state index contributed by atoms with van der Waals surface area (Å²) in [7, 11) is 0. The predicted molar refractivity (Wildman–Crippen MR) is 140 cm³/mol. The Labute approximate surface area is 217 Å². The zero-order chi connectivity index (χ0) is 23.5. The van der Waals surface area contributed by atoms with Crippen LogP contribution in [-0.4, -0.2) is 30.8 Å². The van der Waals surface area contributed by atoms with Crippen molar-refractivity contribution in [1.29, 1.82) is 0 Å². The molecule has 0 aromatic heterocycles. The van der Waals surface area contributed by atoms with Crippen LogP contribution in [0.3, 0.4) is 0 Å². The fourth-order valence-corrected chi connectivity index (χ4v) is 4.47. The van der Waals surface area contributed by atoms with Gasteiger partial charge in [0.05, 0.1) is 6.61 Å². The van der Waals surface area contributed by atoms with Gasteiger partial charge < -0.3 is 15.0 Å². The molecule has 1 saturated heterocycles. The summed E-state index contributed by atoms with van der Waals surface area (Å²) in [4.78, 5) is 30.3. The van der Waals surface area contributed by atoms with Crippen molar-refractivity contribution in [2.75, 3.05) is 21.7 Å². The van der Waals surface area contributed by atoms with Crippen LogP contribution in [-0.2, 0) is 14.3 Å². The number of anilines is 3. The van der Waals surface area contributed by atoms with E-state index in [9.17, 15) is 9.59 Å². The summed E-state index contributed by atoms with van der Waals surface area (Å²) in [5.74, 6) is -0.766. The molecule has 9 heteroatoms. The lowest BCUT2D eigenvalue weighted by Gasteiger charge is -2.31. The second kappa shape index (κ2) is 10.3. The smallest absolute Gasteiger partial charge is 0.350 e. The first-order valence-electron chi connectivity index (χ1n) is 10.2. The average Bonchev–Trinajstić information content (AvgIpc) is 3.09. The summed E-state index contributed by atoms with van der Waals surface area (Å²) in [6, 6.07) is 22.3. The maximum Gasteiger partial charge on any atom is 0.350 e. The average molecular weight is 638 g/mol. The Hall–Kier alpha value is -2.36. The molecule has 0 radical (unpaired) electrons. The summed E-state index contributed by atoms with van der Waals surface area (Å²) in [5.41, 5.74) is 2.06. The van der Waals surface area contributed by atoms with Crippen molar-refractivity contribution in [3.8, 4) is 0 Å². The standard InChI is InChI=1S/C24H20Br3N3O3/c1-2-33-24(32)22-29(19-11-5-16(26)6-12-19)21(28-18-9-3-15(25)4-10-18)23(31)30(22)20-13-7-17(27)8-14-20/h3-14,21-22,28H,2H2,1H3. The molecule has 0 aliphatic carbocycles. The highest BCUT2D eigenvalue weighted by atomic mass is 79.9. The van der Waals surface area contributed by atoms with Crippen molar-refractivity contribution in [1.82, 2.24) is 0 Å². The molecule has 2 atom stereocenters. The maximum atomic E-state index is 13.8. The van der Waals surface area contributed by atoms with E-state index in [4.69, 9.17) is 4.74 Å². The third-order valence-corrected chi connectivity index (χ3v) is 6.72. The van der Waals surface area contributed by atoms with E-state index in [1.54, 1.807) is 24.0 Å². The molecule has 6 nitrogen and oxygen atoms in total. The Morgan fingerprint density at radius 1 is 0.848 bits per heavy atom. The van der Waals surface area contributed by atoms with Gasteiger partial charge in [-0.1, -0.05) is 47.8 Å². The number of carbonyl (C=O) groups is 2. The van der Waals surface area contributed by atoms with E-state index in [-0.39, 0.29) is 12.5 Å². The molecule has 0 saturated carbocycles. The highest BCUT2D eigenvalue weighted by Crippen LogP contribution is 2.35. The van der Waals surface area contributed by atoms with Crippen molar-refractivity contribution in [2.45, 2.75) is 19.3 Å². The molecule has 1 heterocycles. The van der Waals surface area contributed by atoms with Gasteiger partial charge in [0.25, 0.3) is 5.91 Å². The highest BCUT2D eigenvalue weighted by Gasteiger charge is 2.51. The van der Waals surface area contributed by atoms with Gasteiger partial charge in [0.1, 0.15) is 0 Å². The molecule has 1 aliphatic heterocycles. The van der Waals surface area contributed by atoms with Crippen LogP contribution >= 0.6 is 47.8 Å². The first-order valence-corrected chi connectivity index (χ1v) is 12.6. The fraction of sp³-hybridized carbons (Fsp3) is 0.167. The van der Waals surface area contributed by atoms with Crippen molar-refractivity contribution >= 4 is 76.7 Å². The van der Waals surface area contributed by atoms with E-state index in [1.165, 1.54) is 4.90 Å². The molecule has 170 valence electrons. The zero-order valence-corrected chi connectivity index (χ0v) is 22.3. The van der Waals surface area contributed by atoms with E-state index < -0.39 is 18.3 Å². The Morgan fingerprint density at radius 3 is 1.85 bits per heavy atom. The molecule has 1 fully saturated rings. The monoisotopic (exact) mass is 635 g/mol. The minimum atomic E-state index is -0.979. The van der Waals surface area contributed by atoms with Gasteiger partial charge in [-0.2, -0.15) is 0 Å². The van der Waals surface area contributed by atoms with Gasteiger partial charge in [0.15, 0.2) is 6.17 Å². The van der Waals surface area contributed by atoms with Gasteiger partial charge in [-0.3, -0.25) is 9.69 Å². The molecule has 33 heavy (non-hydrogen) atoms. The van der Waals surface area contributed by atoms with E-state index in [0.717, 1.165) is 19.1 Å². The molecule has 3 aromatic carbocycles. The van der Waals surface area contributed by atoms with Crippen molar-refractivity contribution < 1.29 is 14.3 Å². The number of amides is 1. The summed E-state index contributed by atoms with van der Waals surface area (Å²) in [6.07, 6.45) is -1.81. The van der Waals surface area contributed by atoms with Crippen molar-refractivity contribution in [3.63, 3.8) is 0 Å². The summed E-state index contributed by atoms with van der Waals surface area (Å²) < 4.78 is 8.11. The second-order valence-corrected chi connectivity index (χ2v) is 9.99. The van der Waals surface area contributed by atoms with Crippen LogP contribution in [0.4, 0.5) is 17.1 Å². The van der Waals surface area contributed by atoms with Crippen LogP contribution < -0.4 is 15.1 Å².